The maximum absolute atomic E-state index is 12.9. The van der Waals surface area contributed by atoms with E-state index in [0.717, 1.165) is 0 Å². The maximum atomic E-state index is 12.9. The van der Waals surface area contributed by atoms with Crippen LogP contribution in [-0.4, -0.2) is 33.6 Å². The number of hydrogen-bond acceptors (Lipinski definition) is 6. The van der Waals surface area contributed by atoms with Gasteiger partial charge in [0.25, 0.3) is 10.0 Å². The fraction of sp³-hybridized carbons (Fsp3) is 0.111. The van der Waals surface area contributed by atoms with Gasteiger partial charge in [0.2, 0.25) is 0 Å². The second-order valence-corrected chi connectivity index (χ2v) is 7.02. The topological polar surface area (TPSA) is 94.6 Å². The molecule has 0 amide bonds. The zero-order chi connectivity index (χ0) is 18.7. The van der Waals surface area contributed by atoms with E-state index in [0.29, 0.717) is 10.8 Å². The number of aromatic nitrogens is 1. The van der Waals surface area contributed by atoms with Crippen molar-refractivity contribution in [2.75, 3.05) is 18.9 Å². The molecule has 0 radical (unpaired) electrons. The van der Waals surface area contributed by atoms with Crippen LogP contribution in [0.4, 0.5) is 5.69 Å². The highest BCUT2D eigenvalue weighted by atomic mass is 32.2. The molecule has 3 rings (SSSR count). The Morgan fingerprint density at radius 3 is 2.65 bits per heavy atom. The molecule has 0 aliphatic carbocycles. The summed E-state index contributed by atoms with van der Waals surface area (Å²) < 4.78 is 38.2. The van der Waals surface area contributed by atoms with E-state index >= 15 is 0 Å². The summed E-state index contributed by atoms with van der Waals surface area (Å²) in [7, 11) is -1.27. The number of nitrogens with zero attached hydrogens (tertiary/aromatic N) is 1. The van der Waals surface area contributed by atoms with Crippen molar-refractivity contribution < 1.29 is 22.7 Å². The Morgan fingerprint density at radius 2 is 1.92 bits per heavy atom. The number of anilines is 1. The number of carbonyl (C=O) groups is 1. The minimum Gasteiger partial charge on any atom is -0.495 e. The zero-order valence-corrected chi connectivity index (χ0v) is 14.9. The molecule has 1 N–H and O–H groups in total. The molecule has 0 aliphatic rings. The Bertz CT molecular complexity index is 1070. The third-order valence-corrected chi connectivity index (χ3v) is 5.22. The van der Waals surface area contributed by atoms with Gasteiger partial charge < -0.3 is 9.47 Å². The second-order valence-electron chi connectivity index (χ2n) is 5.37. The predicted molar refractivity (Wildman–Crippen MR) is 96.9 cm³/mol. The number of nitrogens with one attached hydrogen (secondary N) is 1. The van der Waals surface area contributed by atoms with Crippen molar-refractivity contribution in [2.24, 2.45) is 0 Å². The molecule has 0 bridgehead atoms. The summed E-state index contributed by atoms with van der Waals surface area (Å²) in [6.07, 6.45) is 3.12. The number of ether oxygens (including phenoxy) is 2. The van der Waals surface area contributed by atoms with Crippen molar-refractivity contribution in [3.05, 3.63) is 60.4 Å². The Morgan fingerprint density at radius 1 is 1.12 bits per heavy atom. The molecule has 7 nitrogen and oxygen atoms in total. The summed E-state index contributed by atoms with van der Waals surface area (Å²) >= 11 is 0. The van der Waals surface area contributed by atoms with Crippen LogP contribution in [0.25, 0.3) is 10.8 Å². The van der Waals surface area contributed by atoms with E-state index < -0.39 is 16.0 Å². The lowest BCUT2D eigenvalue weighted by atomic mass is 10.2. The van der Waals surface area contributed by atoms with Crippen molar-refractivity contribution in [1.82, 2.24) is 4.98 Å². The van der Waals surface area contributed by atoms with Crippen molar-refractivity contribution in [2.45, 2.75) is 4.90 Å². The molecular formula is C18H16N2O5S. The van der Waals surface area contributed by atoms with Gasteiger partial charge in [-0.1, -0.05) is 12.1 Å². The molecule has 0 saturated heterocycles. The molecular weight excluding hydrogens is 356 g/mol. The first-order chi connectivity index (χ1) is 12.5. The van der Waals surface area contributed by atoms with E-state index in [9.17, 15) is 13.2 Å². The average molecular weight is 372 g/mol. The Balaban J connectivity index is 2.08. The highest BCUT2D eigenvalue weighted by Gasteiger charge is 2.20. The molecule has 2 aromatic carbocycles. The van der Waals surface area contributed by atoms with Crippen LogP contribution in [0.1, 0.15) is 10.4 Å². The van der Waals surface area contributed by atoms with Crippen LogP contribution in [0.2, 0.25) is 0 Å². The molecule has 134 valence electrons. The van der Waals surface area contributed by atoms with E-state index in [1.165, 1.54) is 44.7 Å². The molecule has 8 heteroatoms. The van der Waals surface area contributed by atoms with E-state index in [1.807, 2.05) is 0 Å². The molecule has 3 aromatic rings. The van der Waals surface area contributed by atoms with Crippen molar-refractivity contribution in [3.8, 4) is 5.75 Å². The smallest absolute Gasteiger partial charge is 0.337 e. The number of rotatable bonds is 5. The number of benzene rings is 2. The van der Waals surface area contributed by atoms with E-state index in [4.69, 9.17) is 4.74 Å². The Kier molecular flexibility index (Phi) is 4.77. The van der Waals surface area contributed by atoms with Gasteiger partial charge in [0, 0.05) is 23.2 Å². The fourth-order valence-electron chi connectivity index (χ4n) is 2.56. The van der Waals surface area contributed by atoms with Gasteiger partial charge in [0.05, 0.1) is 30.4 Å². The van der Waals surface area contributed by atoms with Gasteiger partial charge in [-0.25, -0.2) is 13.2 Å². The van der Waals surface area contributed by atoms with Crippen molar-refractivity contribution >= 4 is 32.5 Å². The van der Waals surface area contributed by atoms with Crippen LogP contribution in [0, 0.1) is 0 Å². The second kappa shape index (κ2) is 7.01. The molecule has 0 fully saturated rings. The van der Waals surface area contributed by atoms with Crippen LogP contribution in [-0.2, 0) is 14.8 Å². The van der Waals surface area contributed by atoms with Gasteiger partial charge in [-0.15, -0.1) is 0 Å². The van der Waals surface area contributed by atoms with Gasteiger partial charge >= 0.3 is 5.97 Å². The molecule has 0 aliphatic heterocycles. The monoisotopic (exact) mass is 372 g/mol. The highest BCUT2D eigenvalue weighted by molar-refractivity contribution is 7.93. The van der Waals surface area contributed by atoms with Crippen LogP contribution in [0.3, 0.4) is 0 Å². The standard InChI is InChI=1S/C18H16N2O5S/c1-24-16-7-6-12(18(21)25-2)10-15(16)20-26(22,23)17-5-3-4-13-11-19-9-8-14(13)17/h3-11,20H,1-2H3. The van der Waals surface area contributed by atoms with Crippen LogP contribution in [0.15, 0.2) is 59.8 Å². The average Bonchev–Trinajstić information content (AvgIpc) is 2.66. The quantitative estimate of drug-likeness (QED) is 0.692. The maximum Gasteiger partial charge on any atom is 0.337 e. The third-order valence-electron chi connectivity index (χ3n) is 3.80. The summed E-state index contributed by atoms with van der Waals surface area (Å²) in [6.45, 7) is 0. The summed E-state index contributed by atoms with van der Waals surface area (Å²) in [4.78, 5) is 15.8. The lowest BCUT2D eigenvalue weighted by Crippen LogP contribution is -2.15. The number of hydrogen-bond donors (Lipinski definition) is 1. The van der Waals surface area contributed by atoms with E-state index in [2.05, 4.69) is 14.4 Å². The largest absolute Gasteiger partial charge is 0.495 e. The van der Waals surface area contributed by atoms with E-state index in [1.54, 1.807) is 24.4 Å². The molecule has 1 aromatic heterocycles. The molecule has 0 saturated carbocycles. The Labute approximate surface area is 150 Å². The number of methoxy groups -OCH3 is 2. The normalized spacial score (nSPS) is 11.2. The predicted octanol–water partition coefficient (Wildman–Crippen LogP) is 2.83. The summed E-state index contributed by atoms with van der Waals surface area (Å²) in [5.41, 5.74) is 0.342. The third kappa shape index (κ3) is 3.31. The lowest BCUT2D eigenvalue weighted by molar-refractivity contribution is 0.0600. The lowest BCUT2D eigenvalue weighted by Gasteiger charge is -2.14. The van der Waals surface area contributed by atoms with Crippen molar-refractivity contribution in [3.63, 3.8) is 0 Å². The molecule has 0 spiro atoms. The van der Waals surface area contributed by atoms with E-state index in [-0.39, 0.29) is 21.9 Å². The number of carbonyl (C=O) groups excluding carboxylic acids is 1. The summed E-state index contributed by atoms with van der Waals surface area (Å²) in [5.74, 6) is -0.299. The van der Waals surface area contributed by atoms with Crippen molar-refractivity contribution in [1.29, 1.82) is 0 Å². The van der Waals surface area contributed by atoms with Crippen LogP contribution >= 0.6 is 0 Å². The van der Waals surface area contributed by atoms with Gasteiger partial charge in [0.1, 0.15) is 5.75 Å². The SMILES string of the molecule is COC(=O)c1ccc(OC)c(NS(=O)(=O)c2cccc3cnccc23)c1. The van der Waals surface area contributed by atoms with Gasteiger partial charge in [0.15, 0.2) is 0 Å². The molecule has 26 heavy (non-hydrogen) atoms. The number of esters is 1. The molecule has 1 heterocycles. The minimum atomic E-state index is -3.93. The summed E-state index contributed by atoms with van der Waals surface area (Å²) in [5, 5.41) is 1.24. The molecule has 0 atom stereocenters. The summed E-state index contributed by atoms with van der Waals surface area (Å²) in [6, 6.07) is 10.9. The number of fused-ring (bicyclic) bond motifs is 1. The van der Waals surface area contributed by atoms with Gasteiger partial charge in [-0.3, -0.25) is 9.71 Å². The first-order valence-electron chi connectivity index (χ1n) is 7.58. The van der Waals surface area contributed by atoms with Crippen LogP contribution in [0.5, 0.6) is 5.75 Å². The highest BCUT2D eigenvalue weighted by Crippen LogP contribution is 2.30. The van der Waals surface area contributed by atoms with Crippen LogP contribution < -0.4 is 9.46 Å². The van der Waals surface area contributed by atoms with Gasteiger partial charge in [-0.2, -0.15) is 0 Å². The first kappa shape index (κ1) is 17.7. The fourth-order valence-corrected chi connectivity index (χ4v) is 3.85. The number of sulfonamides is 1. The minimum absolute atomic E-state index is 0.0999. The van der Waals surface area contributed by atoms with Gasteiger partial charge in [-0.05, 0) is 30.3 Å². The zero-order valence-electron chi connectivity index (χ0n) is 14.1. The Hall–Kier alpha value is -3.13. The first-order valence-corrected chi connectivity index (χ1v) is 9.06. The number of pyridine rings is 1. The molecule has 0 unspecified atom stereocenters.